The van der Waals surface area contributed by atoms with Crippen molar-refractivity contribution >= 4 is 17.2 Å². The highest BCUT2D eigenvalue weighted by Crippen LogP contribution is 2.26. The van der Waals surface area contributed by atoms with E-state index in [1.54, 1.807) is 17.0 Å². The topological polar surface area (TPSA) is 51.0 Å². The number of rotatable bonds is 6. The molecule has 0 aliphatic carbocycles. The lowest BCUT2D eigenvalue weighted by Crippen LogP contribution is -2.40. The van der Waals surface area contributed by atoms with Crippen LogP contribution in [-0.4, -0.2) is 38.2 Å². The number of amides is 1. The number of carbonyl (C=O) groups excluding carboxylic acids is 1. The molecule has 0 aliphatic heterocycles. The number of thiophene rings is 1. The highest BCUT2D eigenvalue weighted by molar-refractivity contribution is 7.13. The lowest BCUT2D eigenvalue weighted by Gasteiger charge is -2.27. The molecule has 0 unspecified atom stereocenters. The average molecular weight is 386 g/mol. The van der Waals surface area contributed by atoms with Gasteiger partial charge >= 0.3 is 0 Å². The van der Waals surface area contributed by atoms with E-state index in [1.165, 1.54) is 28.2 Å². The Kier molecular flexibility index (Phi) is 5.70. The second-order valence-electron chi connectivity index (χ2n) is 7.07. The van der Waals surface area contributed by atoms with Gasteiger partial charge in [0.25, 0.3) is 5.91 Å². The van der Waals surface area contributed by atoms with Crippen molar-refractivity contribution in [1.29, 1.82) is 0 Å². The van der Waals surface area contributed by atoms with Gasteiger partial charge in [0.05, 0.1) is 10.6 Å². The summed E-state index contributed by atoms with van der Waals surface area (Å²) < 4.78 is 15.3. The molecule has 3 rings (SSSR count). The van der Waals surface area contributed by atoms with Crippen molar-refractivity contribution in [2.45, 2.75) is 33.7 Å². The Bertz CT molecular complexity index is 918. The Labute approximate surface area is 162 Å². The molecule has 2 heterocycles. The van der Waals surface area contributed by atoms with E-state index in [9.17, 15) is 9.18 Å². The fourth-order valence-electron chi connectivity index (χ4n) is 2.81. The van der Waals surface area contributed by atoms with Crippen LogP contribution in [0, 0.1) is 11.7 Å². The molecule has 142 valence electrons. The number of hydrogen-bond donors (Lipinski definition) is 0. The predicted molar refractivity (Wildman–Crippen MR) is 106 cm³/mol. The summed E-state index contributed by atoms with van der Waals surface area (Å²) in [5.41, 5.74) is 0.532. The van der Waals surface area contributed by atoms with Crippen LogP contribution in [-0.2, 0) is 0 Å². The van der Waals surface area contributed by atoms with Gasteiger partial charge in [-0.15, -0.1) is 16.4 Å². The van der Waals surface area contributed by atoms with E-state index in [0.717, 1.165) is 4.88 Å². The fraction of sp³-hybridized carbons (Fsp3) is 0.350. The van der Waals surface area contributed by atoms with Gasteiger partial charge < -0.3 is 4.90 Å². The van der Waals surface area contributed by atoms with E-state index in [0.29, 0.717) is 24.0 Å². The lowest BCUT2D eigenvalue weighted by molar-refractivity contribution is 0.0669. The van der Waals surface area contributed by atoms with Gasteiger partial charge in [0.15, 0.2) is 5.82 Å². The normalized spacial score (nSPS) is 11.4. The van der Waals surface area contributed by atoms with Crippen LogP contribution in [0.2, 0.25) is 0 Å². The maximum atomic E-state index is 13.7. The van der Waals surface area contributed by atoms with Crippen molar-refractivity contribution in [3.63, 3.8) is 0 Å². The first-order chi connectivity index (χ1) is 12.9. The standard InChI is InChI=1S/C20H23FN4OS/c1-13(2)12-24(14(3)4)20(26)18-22-19(17-9-6-10-27-17)25(23-18)16-8-5-7-15(21)11-16/h5-11,13-14H,12H2,1-4H3. The number of benzene rings is 1. The van der Waals surface area contributed by atoms with Crippen LogP contribution >= 0.6 is 11.3 Å². The highest BCUT2D eigenvalue weighted by atomic mass is 32.1. The number of hydrogen-bond acceptors (Lipinski definition) is 4. The van der Waals surface area contributed by atoms with E-state index >= 15 is 0 Å². The number of halogens is 1. The summed E-state index contributed by atoms with van der Waals surface area (Å²) in [5.74, 6) is 0.408. The molecule has 1 aromatic carbocycles. The van der Waals surface area contributed by atoms with Crippen molar-refractivity contribution in [1.82, 2.24) is 19.7 Å². The Balaban J connectivity index is 2.07. The third-order valence-electron chi connectivity index (χ3n) is 4.04. The van der Waals surface area contributed by atoms with E-state index in [-0.39, 0.29) is 23.6 Å². The molecule has 0 spiro atoms. The predicted octanol–water partition coefficient (Wildman–Crippen LogP) is 4.64. The monoisotopic (exact) mass is 386 g/mol. The first kappa shape index (κ1) is 19.2. The van der Waals surface area contributed by atoms with Crippen molar-refractivity contribution in [2.75, 3.05) is 6.54 Å². The molecule has 3 aromatic rings. The molecule has 0 radical (unpaired) electrons. The second-order valence-corrected chi connectivity index (χ2v) is 8.02. The van der Waals surface area contributed by atoms with Crippen LogP contribution in [0.5, 0.6) is 0 Å². The van der Waals surface area contributed by atoms with Crippen LogP contribution < -0.4 is 0 Å². The van der Waals surface area contributed by atoms with Crippen LogP contribution in [0.25, 0.3) is 16.4 Å². The molecule has 0 N–H and O–H groups in total. The van der Waals surface area contributed by atoms with Crippen molar-refractivity contribution in [3.8, 4) is 16.4 Å². The molecular weight excluding hydrogens is 363 g/mol. The molecule has 1 amide bonds. The third kappa shape index (κ3) is 4.24. The van der Waals surface area contributed by atoms with Crippen molar-refractivity contribution in [2.24, 2.45) is 5.92 Å². The summed E-state index contributed by atoms with van der Waals surface area (Å²) in [6, 6.07) is 9.97. The van der Waals surface area contributed by atoms with E-state index in [2.05, 4.69) is 23.9 Å². The molecule has 0 bridgehead atoms. The maximum absolute atomic E-state index is 13.7. The van der Waals surface area contributed by atoms with Gasteiger partial charge in [-0.2, -0.15) is 0 Å². The molecule has 27 heavy (non-hydrogen) atoms. The smallest absolute Gasteiger partial charge is 0.293 e. The van der Waals surface area contributed by atoms with E-state index in [4.69, 9.17) is 0 Å². The molecule has 0 aliphatic rings. The average Bonchev–Trinajstić information content (AvgIpc) is 3.27. The van der Waals surface area contributed by atoms with E-state index < -0.39 is 0 Å². The molecule has 2 aromatic heterocycles. The summed E-state index contributed by atoms with van der Waals surface area (Å²) >= 11 is 1.50. The van der Waals surface area contributed by atoms with Crippen LogP contribution in [0.3, 0.4) is 0 Å². The van der Waals surface area contributed by atoms with Crippen LogP contribution in [0.4, 0.5) is 4.39 Å². The quantitative estimate of drug-likeness (QED) is 0.620. The minimum atomic E-state index is -0.364. The molecule has 7 heteroatoms. The molecule has 0 fully saturated rings. The van der Waals surface area contributed by atoms with Gasteiger partial charge in [-0.25, -0.2) is 14.1 Å². The minimum absolute atomic E-state index is 0.0335. The van der Waals surface area contributed by atoms with Crippen LogP contribution in [0.15, 0.2) is 41.8 Å². The van der Waals surface area contributed by atoms with Gasteiger partial charge in [0.2, 0.25) is 5.82 Å². The Morgan fingerprint density at radius 3 is 2.59 bits per heavy atom. The Hall–Kier alpha value is -2.54. The summed E-state index contributed by atoms with van der Waals surface area (Å²) in [7, 11) is 0. The molecule has 0 saturated heterocycles. The van der Waals surface area contributed by atoms with Crippen molar-refractivity contribution in [3.05, 3.63) is 53.4 Å². The second kappa shape index (κ2) is 8.00. The van der Waals surface area contributed by atoms with Gasteiger partial charge in [-0.05, 0) is 49.4 Å². The zero-order valence-corrected chi connectivity index (χ0v) is 16.7. The van der Waals surface area contributed by atoms with Gasteiger partial charge in [-0.1, -0.05) is 26.0 Å². The number of carbonyl (C=O) groups is 1. The molecule has 5 nitrogen and oxygen atoms in total. The van der Waals surface area contributed by atoms with Gasteiger partial charge in [-0.3, -0.25) is 4.79 Å². The zero-order valence-electron chi connectivity index (χ0n) is 15.9. The zero-order chi connectivity index (χ0) is 19.6. The summed E-state index contributed by atoms with van der Waals surface area (Å²) in [5, 5.41) is 6.37. The largest absolute Gasteiger partial charge is 0.333 e. The summed E-state index contributed by atoms with van der Waals surface area (Å²) in [6.45, 7) is 8.71. The molecule has 0 atom stereocenters. The maximum Gasteiger partial charge on any atom is 0.293 e. The fourth-order valence-corrected chi connectivity index (χ4v) is 3.50. The first-order valence-corrected chi connectivity index (χ1v) is 9.82. The minimum Gasteiger partial charge on any atom is -0.333 e. The Morgan fingerprint density at radius 1 is 1.22 bits per heavy atom. The van der Waals surface area contributed by atoms with Crippen molar-refractivity contribution < 1.29 is 9.18 Å². The lowest BCUT2D eigenvalue weighted by atomic mass is 10.1. The Morgan fingerprint density at radius 2 is 2.00 bits per heavy atom. The van der Waals surface area contributed by atoms with Crippen LogP contribution in [0.1, 0.15) is 38.3 Å². The highest BCUT2D eigenvalue weighted by Gasteiger charge is 2.26. The van der Waals surface area contributed by atoms with Gasteiger partial charge in [0, 0.05) is 12.6 Å². The van der Waals surface area contributed by atoms with E-state index in [1.807, 2.05) is 31.4 Å². The third-order valence-corrected chi connectivity index (χ3v) is 4.90. The summed E-state index contributed by atoms with van der Waals surface area (Å²) in [4.78, 5) is 20.2. The summed E-state index contributed by atoms with van der Waals surface area (Å²) in [6.07, 6.45) is 0. The molecule has 0 saturated carbocycles. The van der Waals surface area contributed by atoms with Gasteiger partial charge in [0.1, 0.15) is 5.82 Å². The SMILES string of the molecule is CC(C)CN(C(=O)c1nc(-c2cccs2)n(-c2cccc(F)c2)n1)C(C)C. The number of aromatic nitrogens is 3. The number of nitrogens with zero attached hydrogens (tertiary/aromatic N) is 4. The first-order valence-electron chi connectivity index (χ1n) is 8.94. The molecular formula is C20H23FN4OS.